The summed E-state index contributed by atoms with van der Waals surface area (Å²) in [6.45, 7) is 5.90. The molecule has 2 heterocycles. The number of likely N-dealkylation sites (N-methyl/N-ethyl adjacent to an activating group) is 1. The Morgan fingerprint density at radius 2 is 2.06 bits per heavy atom. The number of benzene rings is 1. The van der Waals surface area contributed by atoms with Gasteiger partial charge in [0.05, 0.1) is 23.1 Å². The molecule has 1 aliphatic heterocycles. The Morgan fingerprint density at radius 3 is 2.69 bits per heavy atom. The van der Waals surface area contributed by atoms with Crippen LogP contribution in [0.2, 0.25) is 0 Å². The van der Waals surface area contributed by atoms with E-state index >= 15 is 0 Å². The summed E-state index contributed by atoms with van der Waals surface area (Å²) < 4.78 is 11.3. The van der Waals surface area contributed by atoms with Gasteiger partial charge in [0.15, 0.2) is 6.04 Å². The van der Waals surface area contributed by atoms with E-state index in [0.29, 0.717) is 35.0 Å². The second kappa shape index (κ2) is 11.9. The number of ether oxygens (including phenoxy) is 2. The number of hydrogen-bond acceptors (Lipinski definition) is 6. The van der Waals surface area contributed by atoms with Crippen LogP contribution in [0.25, 0.3) is 0 Å². The molecule has 7 nitrogen and oxygen atoms in total. The maximum atomic E-state index is 13.5. The number of thiophene rings is 1. The molecule has 0 fully saturated rings. The van der Waals surface area contributed by atoms with Crippen LogP contribution in [-0.2, 0) is 25.5 Å². The van der Waals surface area contributed by atoms with E-state index in [9.17, 15) is 14.4 Å². The van der Waals surface area contributed by atoms with Crippen molar-refractivity contribution in [3.63, 3.8) is 0 Å². The average Bonchev–Trinajstić information content (AvgIpc) is 3.38. The predicted octanol–water partition coefficient (Wildman–Crippen LogP) is 4.58. The van der Waals surface area contributed by atoms with E-state index in [2.05, 4.69) is 27.8 Å². The SMILES string of the molecule is CCOC(=O)C1c2cc(Br)c(OC)cc2CCN1C(=O)C(=O)N(C)C(C)(C)CCC#Cc1cccs1. The van der Waals surface area contributed by atoms with E-state index in [1.807, 2.05) is 37.4 Å². The molecule has 1 atom stereocenters. The lowest BCUT2D eigenvalue weighted by Gasteiger charge is -2.39. The van der Waals surface area contributed by atoms with Crippen molar-refractivity contribution in [2.45, 2.75) is 51.6 Å². The third-order valence-corrected chi connectivity index (χ3v) is 7.81. The zero-order valence-corrected chi connectivity index (χ0v) is 23.6. The van der Waals surface area contributed by atoms with Gasteiger partial charge in [-0.05, 0) is 84.2 Å². The molecule has 36 heavy (non-hydrogen) atoms. The monoisotopic (exact) mass is 574 g/mol. The molecule has 1 aromatic carbocycles. The fraction of sp³-hybridized carbons (Fsp3) is 0.444. The number of nitrogens with zero attached hydrogens (tertiary/aromatic N) is 2. The van der Waals surface area contributed by atoms with E-state index in [-0.39, 0.29) is 13.2 Å². The minimum absolute atomic E-state index is 0.164. The number of halogens is 1. The molecule has 0 radical (unpaired) electrons. The van der Waals surface area contributed by atoms with Crippen LogP contribution in [0, 0.1) is 11.8 Å². The van der Waals surface area contributed by atoms with Crippen LogP contribution in [0.15, 0.2) is 34.1 Å². The van der Waals surface area contributed by atoms with Crippen molar-refractivity contribution in [3.8, 4) is 17.6 Å². The van der Waals surface area contributed by atoms with Gasteiger partial charge in [-0.15, -0.1) is 11.3 Å². The fourth-order valence-electron chi connectivity index (χ4n) is 4.05. The fourth-order valence-corrected chi connectivity index (χ4v) is 5.16. The summed E-state index contributed by atoms with van der Waals surface area (Å²) in [6.07, 6.45) is 1.66. The number of hydrogen-bond donors (Lipinski definition) is 0. The van der Waals surface area contributed by atoms with Gasteiger partial charge < -0.3 is 19.3 Å². The number of carbonyl (C=O) groups is 3. The highest BCUT2D eigenvalue weighted by atomic mass is 79.9. The minimum atomic E-state index is -1.01. The standard InChI is InChI=1S/C27H31BrN2O5S/c1-6-35-26(33)23-20-17-21(28)22(34-5)16-18(20)12-14-30(23)25(32)24(31)29(4)27(2,3)13-8-7-10-19-11-9-15-36-19/h9,11,15-17,23H,6,8,12-14H2,1-5H3. The highest BCUT2D eigenvalue weighted by Gasteiger charge is 2.42. The molecule has 1 unspecified atom stereocenters. The molecule has 0 aliphatic carbocycles. The lowest BCUT2D eigenvalue weighted by atomic mass is 9.91. The van der Waals surface area contributed by atoms with Gasteiger partial charge in [0, 0.05) is 25.6 Å². The number of amides is 2. The molecule has 192 valence electrons. The lowest BCUT2D eigenvalue weighted by Crippen LogP contribution is -2.54. The summed E-state index contributed by atoms with van der Waals surface area (Å²) >= 11 is 5.04. The van der Waals surface area contributed by atoms with Crippen molar-refractivity contribution >= 4 is 45.1 Å². The molecule has 0 N–H and O–H groups in total. The Hall–Kier alpha value is -2.83. The Balaban J connectivity index is 1.80. The molecule has 0 saturated carbocycles. The van der Waals surface area contributed by atoms with Crippen molar-refractivity contribution in [1.29, 1.82) is 0 Å². The van der Waals surface area contributed by atoms with E-state index in [4.69, 9.17) is 9.47 Å². The largest absolute Gasteiger partial charge is 0.496 e. The van der Waals surface area contributed by atoms with Crippen molar-refractivity contribution in [2.75, 3.05) is 27.3 Å². The Bertz CT molecular complexity index is 1180. The van der Waals surface area contributed by atoms with Crippen LogP contribution in [0.4, 0.5) is 0 Å². The Kier molecular flexibility index (Phi) is 9.20. The first kappa shape index (κ1) is 27.8. The van der Waals surface area contributed by atoms with Crippen LogP contribution in [0.1, 0.15) is 55.7 Å². The molecule has 2 aromatic rings. The molecule has 2 amide bonds. The first-order valence-corrected chi connectivity index (χ1v) is 13.4. The normalized spacial score (nSPS) is 14.8. The number of esters is 1. The van der Waals surface area contributed by atoms with E-state index in [1.54, 1.807) is 38.5 Å². The Labute approximate surface area is 224 Å². The van der Waals surface area contributed by atoms with Gasteiger partial charge in [-0.1, -0.05) is 17.9 Å². The van der Waals surface area contributed by atoms with E-state index in [0.717, 1.165) is 10.4 Å². The highest BCUT2D eigenvalue weighted by Crippen LogP contribution is 2.38. The summed E-state index contributed by atoms with van der Waals surface area (Å²) in [6, 6.07) is 6.51. The van der Waals surface area contributed by atoms with Gasteiger partial charge in [0.25, 0.3) is 0 Å². The zero-order valence-electron chi connectivity index (χ0n) is 21.2. The summed E-state index contributed by atoms with van der Waals surface area (Å²) in [4.78, 5) is 43.6. The maximum absolute atomic E-state index is 13.5. The summed E-state index contributed by atoms with van der Waals surface area (Å²) in [5.74, 6) is 4.93. The molecule has 3 rings (SSSR count). The molecular weight excluding hydrogens is 544 g/mol. The van der Waals surface area contributed by atoms with Crippen LogP contribution >= 0.6 is 27.3 Å². The van der Waals surface area contributed by atoms with Crippen LogP contribution in [-0.4, -0.2) is 60.4 Å². The number of fused-ring (bicyclic) bond motifs is 1. The second-order valence-corrected chi connectivity index (χ2v) is 10.8. The number of methoxy groups -OCH3 is 1. The van der Waals surface area contributed by atoms with Crippen molar-refractivity contribution in [3.05, 3.63) is 50.1 Å². The first-order valence-electron chi connectivity index (χ1n) is 11.7. The summed E-state index contributed by atoms with van der Waals surface area (Å²) in [5.41, 5.74) is 0.891. The molecule has 1 aromatic heterocycles. The van der Waals surface area contributed by atoms with Gasteiger partial charge >= 0.3 is 17.8 Å². The number of carbonyl (C=O) groups excluding carboxylic acids is 3. The molecule has 1 aliphatic rings. The first-order chi connectivity index (χ1) is 17.1. The van der Waals surface area contributed by atoms with Crippen LogP contribution in [0.5, 0.6) is 5.75 Å². The average molecular weight is 576 g/mol. The molecule has 0 spiro atoms. The summed E-state index contributed by atoms with van der Waals surface area (Å²) in [5, 5.41) is 1.98. The van der Waals surface area contributed by atoms with Gasteiger partial charge in [-0.2, -0.15) is 0 Å². The van der Waals surface area contributed by atoms with Gasteiger partial charge in [0.1, 0.15) is 5.75 Å². The van der Waals surface area contributed by atoms with Crippen LogP contribution in [0.3, 0.4) is 0 Å². The molecule has 9 heteroatoms. The summed E-state index contributed by atoms with van der Waals surface area (Å²) in [7, 11) is 3.18. The third kappa shape index (κ3) is 6.11. The molecule has 0 bridgehead atoms. The van der Waals surface area contributed by atoms with E-state index in [1.165, 1.54) is 9.80 Å². The second-order valence-electron chi connectivity index (χ2n) is 9.04. The van der Waals surface area contributed by atoms with Crippen molar-refractivity contribution in [2.24, 2.45) is 0 Å². The molecule has 0 saturated heterocycles. The predicted molar refractivity (Wildman–Crippen MR) is 143 cm³/mol. The number of rotatable bonds is 6. The maximum Gasteiger partial charge on any atom is 0.333 e. The van der Waals surface area contributed by atoms with Crippen molar-refractivity contribution in [1.82, 2.24) is 9.80 Å². The smallest absolute Gasteiger partial charge is 0.333 e. The minimum Gasteiger partial charge on any atom is -0.496 e. The topological polar surface area (TPSA) is 76.1 Å². The van der Waals surface area contributed by atoms with Gasteiger partial charge in [0.2, 0.25) is 0 Å². The Morgan fingerprint density at radius 1 is 1.31 bits per heavy atom. The quantitative estimate of drug-likeness (QED) is 0.287. The van der Waals surface area contributed by atoms with Crippen molar-refractivity contribution < 1.29 is 23.9 Å². The third-order valence-electron chi connectivity index (χ3n) is 6.40. The lowest BCUT2D eigenvalue weighted by molar-refractivity contribution is -0.162. The van der Waals surface area contributed by atoms with Gasteiger partial charge in [-0.3, -0.25) is 9.59 Å². The van der Waals surface area contributed by atoms with Crippen LogP contribution < -0.4 is 4.74 Å². The highest BCUT2D eigenvalue weighted by molar-refractivity contribution is 9.10. The molecular formula is C27H31BrN2O5S. The zero-order chi connectivity index (χ0) is 26.5. The van der Waals surface area contributed by atoms with Gasteiger partial charge in [-0.25, -0.2) is 4.79 Å². The van der Waals surface area contributed by atoms with E-state index < -0.39 is 29.4 Å².